The van der Waals surface area contributed by atoms with Crippen molar-refractivity contribution in [3.05, 3.63) is 0 Å². The number of rotatable bonds is 12. The Kier molecular flexibility index (Phi) is 9.51. The van der Waals surface area contributed by atoms with Crippen molar-refractivity contribution in [2.45, 2.75) is 85.2 Å². The van der Waals surface area contributed by atoms with E-state index in [1.807, 2.05) is 13.8 Å². The summed E-state index contributed by atoms with van der Waals surface area (Å²) in [6.45, 7) is 10.6. The summed E-state index contributed by atoms with van der Waals surface area (Å²) in [6.07, 6.45) is 4.47. The van der Waals surface area contributed by atoms with Crippen LogP contribution in [0.25, 0.3) is 0 Å². The van der Waals surface area contributed by atoms with E-state index in [-0.39, 0.29) is 16.8 Å². The molecule has 0 saturated heterocycles. The van der Waals surface area contributed by atoms with Crippen molar-refractivity contribution >= 4 is 11.9 Å². The van der Waals surface area contributed by atoms with Crippen LogP contribution in [-0.2, 0) is 14.3 Å². The molecule has 0 unspecified atom stereocenters. The Labute approximate surface area is 146 Å². The Morgan fingerprint density at radius 1 is 1.00 bits per heavy atom. The molecule has 0 aromatic heterocycles. The van der Waals surface area contributed by atoms with Crippen LogP contribution in [-0.4, -0.2) is 35.7 Å². The van der Waals surface area contributed by atoms with Crippen molar-refractivity contribution in [1.29, 1.82) is 0 Å². The van der Waals surface area contributed by atoms with E-state index in [9.17, 15) is 9.59 Å². The van der Waals surface area contributed by atoms with Crippen LogP contribution in [0.4, 0.5) is 0 Å². The van der Waals surface area contributed by atoms with Gasteiger partial charge in [0.1, 0.15) is 12.1 Å². The summed E-state index contributed by atoms with van der Waals surface area (Å²) in [5.74, 6) is -1.35. The number of carboxylic acid groups (broad SMARTS) is 1. The van der Waals surface area contributed by atoms with E-state index >= 15 is 0 Å². The Morgan fingerprint density at radius 3 is 2.00 bits per heavy atom. The first-order chi connectivity index (χ1) is 10.9. The first kappa shape index (κ1) is 22.9. The fourth-order valence-corrected chi connectivity index (χ4v) is 3.07. The van der Waals surface area contributed by atoms with E-state index in [2.05, 4.69) is 20.8 Å². The SMILES string of the molecule is CCCC(C)(C)C[C@H](N)C(=O)OCCCC(C)(C)C[C@@H](N)C(=O)O. The number of hydrogen-bond acceptors (Lipinski definition) is 5. The minimum Gasteiger partial charge on any atom is -0.480 e. The third-order valence-electron chi connectivity index (χ3n) is 4.33. The van der Waals surface area contributed by atoms with Gasteiger partial charge in [-0.2, -0.15) is 0 Å². The van der Waals surface area contributed by atoms with Gasteiger partial charge in [0.15, 0.2) is 0 Å². The molecule has 0 radical (unpaired) electrons. The molecule has 5 N–H and O–H groups in total. The van der Waals surface area contributed by atoms with Crippen molar-refractivity contribution in [3.63, 3.8) is 0 Å². The lowest BCUT2D eigenvalue weighted by atomic mass is 9.81. The first-order valence-electron chi connectivity index (χ1n) is 8.81. The number of nitrogens with two attached hydrogens (primary N) is 2. The van der Waals surface area contributed by atoms with Gasteiger partial charge in [-0.25, -0.2) is 0 Å². The molecule has 0 aromatic rings. The normalized spacial score (nSPS) is 15.0. The predicted octanol–water partition coefficient (Wildman–Crippen LogP) is 2.68. The summed E-state index contributed by atoms with van der Waals surface area (Å²) >= 11 is 0. The zero-order valence-electron chi connectivity index (χ0n) is 15.9. The van der Waals surface area contributed by atoms with Gasteiger partial charge in [-0.3, -0.25) is 9.59 Å². The number of carboxylic acids is 1. The van der Waals surface area contributed by atoms with Crippen LogP contribution < -0.4 is 11.5 Å². The molecule has 2 atom stereocenters. The van der Waals surface area contributed by atoms with Crippen molar-refractivity contribution in [3.8, 4) is 0 Å². The molecule has 6 nitrogen and oxygen atoms in total. The maximum atomic E-state index is 12.0. The summed E-state index contributed by atoms with van der Waals surface area (Å²) in [4.78, 5) is 22.8. The second kappa shape index (κ2) is 9.99. The Morgan fingerprint density at radius 2 is 1.50 bits per heavy atom. The zero-order chi connectivity index (χ0) is 19.0. The van der Waals surface area contributed by atoms with E-state index in [0.29, 0.717) is 25.9 Å². The van der Waals surface area contributed by atoms with Crippen molar-refractivity contribution in [2.75, 3.05) is 6.61 Å². The van der Waals surface area contributed by atoms with Gasteiger partial charge in [-0.05, 0) is 42.9 Å². The molecule has 0 aliphatic carbocycles. The van der Waals surface area contributed by atoms with Gasteiger partial charge in [0.2, 0.25) is 0 Å². The molecule has 0 bridgehead atoms. The average molecular weight is 344 g/mol. The summed E-state index contributed by atoms with van der Waals surface area (Å²) in [5.41, 5.74) is 11.3. The fourth-order valence-electron chi connectivity index (χ4n) is 3.07. The Hall–Kier alpha value is -1.14. The second-order valence-electron chi connectivity index (χ2n) is 8.31. The van der Waals surface area contributed by atoms with Crippen LogP contribution in [0.1, 0.15) is 73.1 Å². The monoisotopic (exact) mass is 344 g/mol. The molecule has 0 fully saturated rings. The molecule has 142 valence electrons. The summed E-state index contributed by atoms with van der Waals surface area (Å²) in [7, 11) is 0. The maximum Gasteiger partial charge on any atom is 0.322 e. The Bertz CT molecular complexity index is 408. The van der Waals surface area contributed by atoms with Crippen LogP contribution in [0.15, 0.2) is 0 Å². The summed E-state index contributed by atoms with van der Waals surface area (Å²) in [6, 6.07) is -1.46. The van der Waals surface area contributed by atoms with E-state index in [4.69, 9.17) is 21.3 Å². The fraction of sp³-hybridized carbons (Fsp3) is 0.889. The molecule has 0 aliphatic rings. The molecule has 6 heteroatoms. The summed E-state index contributed by atoms with van der Waals surface area (Å²) < 4.78 is 5.26. The minimum atomic E-state index is -0.991. The third kappa shape index (κ3) is 9.88. The van der Waals surface area contributed by atoms with Crippen molar-refractivity contribution in [2.24, 2.45) is 22.3 Å². The van der Waals surface area contributed by atoms with Crippen LogP contribution >= 0.6 is 0 Å². The van der Waals surface area contributed by atoms with Gasteiger partial charge >= 0.3 is 11.9 Å². The lowest BCUT2D eigenvalue weighted by Gasteiger charge is -2.27. The highest BCUT2D eigenvalue weighted by molar-refractivity contribution is 5.75. The first-order valence-corrected chi connectivity index (χ1v) is 8.81. The largest absolute Gasteiger partial charge is 0.480 e. The van der Waals surface area contributed by atoms with Crippen LogP contribution in [0.2, 0.25) is 0 Å². The quantitative estimate of drug-likeness (QED) is 0.370. The number of carbonyl (C=O) groups is 2. The Balaban J connectivity index is 4.14. The van der Waals surface area contributed by atoms with E-state index in [1.54, 1.807) is 0 Å². The lowest BCUT2D eigenvalue weighted by Crippen LogP contribution is -2.37. The third-order valence-corrected chi connectivity index (χ3v) is 4.33. The number of aliphatic carboxylic acids is 1. The van der Waals surface area contributed by atoms with Gasteiger partial charge in [-0.15, -0.1) is 0 Å². The molecule has 0 aromatic carbocycles. The highest BCUT2D eigenvalue weighted by Crippen LogP contribution is 2.29. The second-order valence-corrected chi connectivity index (χ2v) is 8.31. The molecule has 0 saturated carbocycles. The van der Waals surface area contributed by atoms with Gasteiger partial charge in [-0.1, -0.05) is 41.0 Å². The van der Waals surface area contributed by atoms with Gasteiger partial charge in [0.25, 0.3) is 0 Å². The summed E-state index contributed by atoms with van der Waals surface area (Å²) in [5, 5.41) is 8.87. The standard InChI is InChI=1S/C18H36N2O4/c1-6-8-17(2,3)12-14(20)16(23)24-10-7-9-18(4,5)11-13(19)15(21)22/h13-14H,6-12,19-20H2,1-5H3,(H,21,22)/t13-,14+/m1/s1. The molecule has 0 aliphatic heterocycles. The van der Waals surface area contributed by atoms with Gasteiger partial charge in [0.05, 0.1) is 6.61 Å². The zero-order valence-corrected chi connectivity index (χ0v) is 15.9. The minimum absolute atomic E-state index is 0.0299. The topological polar surface area (TPSA) is 116 Å². The van der Waals surface area contributed by atoms with Gasteiger partial charge < -0.3 is 21.3 Å². The smallest absolute Gasteiger partial charge is 0.322 e. The maximum absolute atomic E-state index is 12.0. The molecule has 0 amide bonds. The number of hydrogen-bond donors (Lipinski definition) is 3. The number of esters is 1. The van der Waals surface area contributed by atoms with E-state index in [0.717, 1.165) is 19.3 Å². The highest BCUT2D eigenvalue weighted by atomic mass is 16.5. The average Bonchev–Trinajstić information content (AvgIpc) is 2.41. The van der Waals surface area contributed by atoms with E-state index < -0.39 is 18.1 Å². The molecule has 0 spiro atoms. The number of carbonyl (C=O) groups excluding carboxylic acids is 1. The molecule has 24 heavy (non-hydrogen) atoms. The van der Waals surface area contributed by atoms with Crippen molar-refractivity contribution in [1.82, 2.24) is 0 Å². The highest BCUT2D eigenvalue weighted by Gasteiger charge is 2.27. The molecule has 0 heterocycles. The lowest BCUT2D eigenvalue weighted by molar-refractivity contribution is -0.146. The molecular formula is C18H36N2O4. The van der Waals surface area contributed by atoms with Crippen LogP contribution in [0.5, 0.6) is 0 Å². The molecular weight excluding hydrogens is 308 g/mol. The van der Waals surface area contributed by atoms with Crippen LogP contribution in [0.3, 0.4) is 0 Å². The predicted molar refractivity (Wildman–Crippen MR) is 95.5 cm³/mol. The van der Waals surface area contributed by atoms with Crippen LogP contribution in [0, 0.1) is 10.8 Å². The van der Waals surface area contributed by atoms with E-state index in [1.165, 1.54) is 0 Å². The number of ether oxygens (including phenoxy) is 1. The van der Waals surface area contributed by atoms with Gasteiger partial charge in [0, 0.05) is 0 Å². The molecule has 0 rings (SSSR count). The van der Waals surface area contributed by atoms with Crippen molar-refractivity contribution < 1.29 is 19.4 Å².